The van der Waals surface area contributed by atoms with Gasteiger partial charge in [0.05, 0.1) is 0 Å². The summed E-state index contributed by atoms with van der Waals surface area (Å²) in [6.07, 6.45) is 2.84. The molecule has 0 saturated carbocycles. The van der Waals surface area contributed by atoms with E-state index in [9.17, 15) is 0 Å². The Bertz CT molecular complexity index is 275. The van der Waals surface area contributed by atoms with Crippen LogP contribution in [0.1, 0.15) is 12.8 Å². The third-order valence-corrected chi connectivity index (χ3v) is 25.4. The molecule has 2 aliphatic rings. The Labute approximate surface area is 126 Å². The summed E-state index contributed by atoms with van der Waals surface area (Å²) in [7, 11) is -1.26. The summed E-state index contributed by atoms with van der Waals surface area (Å²) in [6.45, 7) is 0. The van der Waals surface area contributed by atoms with Crippen LogP contribution in [0.3, 0.4) is 0 Å². The zero-order chi connectivity index (χ0) is 10.4. The average molecular weight is 533 g/mol. The molecule has 2 heterocycles. The Morgan fingerprint density at radius 3 is 2.43 bits per heavy atom. The maximum atomic E-state index is 4.05. The monoisotopic (exact) mass is 530 g/mol. The van der Waals surface area contributed by atoms with Crippen molar-refractivity contribution in [2.45, 2.75) is 31.5 Å². The molecule has 1 unspecified atom stereocenters. The molecule has 0 aromatic rings. The number of rotatable bonds is 1. The fourth-order valence-electron chi connectivity index (χ4n) is 2.34. The van der Waals surface area contributed by atoms with Gasteiger partial charge in [-0.1, -0.05) is 0 Å². The Balaban J connectivity index is 2.38. The fourth-order valence-corrected chi connectivity index (χ4v) is 23.2. The zero-order valence-electron chi connectivity index (χ0n) is 7.40. The summed E-state index contributed by atoms with van der Waals surface area (Å²) in [4.78, 5) is 2.45. The molecule has 0 aliphatic carbocycles. The minimum atomic E-state index is -1.26. The topological polar surface area (TPSA) is 0 Å². The van der Waals surface area contributed by atoms with Gasteiger partial charge in [-0.3, -0.25) is 0 Å². The Morgan fingerprint density at radius 2 is 1.93 bits per heavy atom. The maximum absolute atomic E-state index is 4.05. The molecular formula is C8H10Br4SeSi. The molecule has 1 saturated heterocycles. The SMILES string of the molecule is BrC1=C[Se]C(Br)(C(Br)Br)[Si]12CCCC2. The van der Waals surface area contributed by atoms with E-state index >= 15 is 0 Å². The van der Waals surface area contributed by atoms with E-state index in [-0.39, 0.29) is 0 Å². The van der Waals surface area contributed by atoms with Crippen molar-refractivity contribution in [1.29, 1.82) is 0 Å². The third kappa shape index (κ3) is 1.75. The van der Waals surface area contributed by atoms with E-state index in [4.69, 9.17) is 0 Å². The Kier molecular flexibility index (Phi) is 4.20. The quantitative estimate of drug-likeness (QED) is 0.345. The molecule has 0 nitrogen and oxygen atoms in total. The third-order valence-electron chi connectivity index (χ3n) is 3.18. The second kappa shape index (κ2) is 4.58. The van der Waals surface area contributed by atoms with Gasteiger partial charge in [-0.25, -0.2) is 0 Å². The molecule has 2 rings (SSSR count). The van der Waals surface area contributed by atoms with Gasteiger partial charge in [-0.2, -0.15) is 0 Å². The molecule has 1 spiro atoms. The van der Waals surface area contributed by atoms with Crippen LogP contribution in [-0.4, -0.2) is 29.6 Å². The Morgan fingerprint density at radius 1 is 1.36 bits per heavy atom. The standard InChI is InChI=1S/C8H10Br4SeSi/c9-6-5-13-8(12,7(10)11)14(6)3-1-2-4-14/h5,7H,1-4H2. The summed E-state index contributed by atoms with van der Waals surface area (Å²) in [5.41, 5.74) is 0. The first-order valence-electron chi connectivity index (χ1n) is 4.54. The first-order chi connectivity index (χ1) is 6.53. The molecular weight excluding hydrogens is 523 g/mol. The van der Waals surface area contributed by atoms with E-state index in [1.165, 1.54) is 24.9 Å². The fraction of sp³-hybridized carbons (Fsp3) is 0.750. The first kappa shape index (κ1) is 12.8. The molecule has 0 aromatic carbocycles. The van der Waals surface area contributed by atoms with E-state index in [0.717, 1.165) is 0 Å². The van der Waals surface area contributed by atoms with Crippen molar-refractivity contribution in [3.05, 3.63) is 9.08 Å². The number of halogens is 4. The van der Waals surface area contributed by atoms with E-state index in [2.05, 4.69) is 68.7 Å². The van der Waals surface area contributed by atoms with Crippen LogP contribution in [0, 0.1) is 0 Å². The predicted molar refractivity (Wildman–Crippen MR) is 80.7 cm³/mol. The van der Waals surface area contributed by atoms with Gasteiger partial charge >= 0.3 is 127 Å². The van der Waals surface area contributed by atoms with Crippen molar-refractivity contribution in [3.63, 3.8) is 0 Å². The van der Waals surface area contributed by atoms with Gasteiger partial charge in [0, 0.05) is 0 Å². The molecule has 80 valence electrons. The number of hydrogen-bond acceptors (Lipinski definition) is 0. The summed E-state index contributed by atoms with van der Waals surface area (Å²) in [6, 6.07) is 2.90. The van der Waals surface area contributed by atoms with Crippen LogP contribution in [0.2, 0.25) is 12.1 Å². The van der Waals surface area contributed by atoms with Gasteiger partial charge in [-0.15, -0.1) is 0 Å². The average Bonchev–Trinajstić information content (AvgIpc) is 2.70. The summed E-state index contributed by atoms with van der Waals surface area (Å²) in [5, 5.41) is 0. The molecule has 1 atom stereocenters. The molecule has 1 fully saturated rings. The second-order valence-corrected chi connectivity index (χ2v) is 19.3. The van der Waals surface area contributed by atoms with E-state index < -0.39 is 8.07 Å². The van der Waals surface area contributed by atoms with Gasteiger partial charge in [-0.05, 0) is 0 Å². The van der Waals surface area contributed by atoms with Crippen LogP contribution < -0.4 is 0 Å². The van der Waals surface area contributed by atoms with Crippen molar-refractivity contribution in [2.75, 3.05) is 0 Å². The molecule has 0 bridgehead atoms. The van der Waals surface area contributed by atoms with E-state index in [0.29, 0.717) is 21.5 Å². The van der Waals surface area contributed by atoms with Gasteiger partial charge < -0.3 is 0 Å². The van der Waals surface area contributed by atoms with Gasteiger partial charge in [0.25, 0.3) is 0 Å². The van der Waals surface area contributed by atoms with Crippen molar-refractivity contribution < 1.29 is 0 Å². The number of hydrogen-bond donors (Lipinski definition) is 0. The van der Waals surface area contributed by atoms with Crippen LogP contribution in [0.25, 0.3) is 0 Å². The molecule has 0 N–H and O–H groups in total. The van der Waals surface area contributed by atoms with Gasteiger partial charge in [0.15, 0.2) is 0 Å². The summed E-state index contributed by atoms with van der Waals surface area (Å²) >= 11 is 15.9. The molecule has 2 aliphatic heterocycles. The molecule has 0 radical (unpaired) electrons. The summed E-state index contributed by atoms with van der Waals surface area (Å²) < 4.78 is 2.34. The minimum absolute atomic E-state index is 0.350. The summed E-state index contributed by atoms with van der Waals surface area (Å²) in [5.74, 6) is 0. The van der Waals surface area contributed by atoms with Crippen LogP contribution in [0.5, 0.6) is 0 Å². The van der Waals surface area contributed by atoms with Gasteiger partial charge in [0.2, 0.25) is 0 Å². The van der Waals surface area contributed by atoms with Crippen molar-refractivity contribution in [3.8, 4) is 0 Å². The van der Waals surface area contributed by atoms with Crippen molar-refractivity contribution in [2.24, 2.45) is 0 Å². The Hall–Kier alpha value is 2.40. The zero-order valence-corrected chi connectivity index (χ0v) is 16.5. The molecule has 0 amide bonds. The van der Waals surface area contributed by atoms with Crippen LogP contribution in [0.4, 0.5) is 0 Å². The molecule has 14 heavy (non-hydrogen) atoms. The van der Waals surface area contributed by atoms with Crippen molar-refractivity contribution >= 4 is 86.8 Å². The predicted octanol–water partition coefficient (Wildman–Crippen LogP) is 4.47. The first-order valence-corrected chi connectivity index (χ1v) is 12.2. The van der Waals surface area contributed by atoms with Crippen LogP contribution in [-0.2, 0) is 0 Å². The second-order valence-electron chi connectivity index (χ2n) is 3.82. The normalized spacial score (nSPS) is 35.6. The van der Waals surface area contributed by atoms with E-state index in [1.807, 2.05) is 0 Å². The van der Waals surface area contributed by atoms with Crippen LogP contribution in [0.15, 0.2) is 9.08 Å². The molecule has 6 heteroatoms. The number of alkyl halides is 3. The van der Waals surface area contributed by atoms with Gasteiger partial charge in [0.1, 0.15) is 0 Å². The van der Waals surface area contributed by atoms with E-state index in [1.54, 1.807) is 4.11 Å². The van der Waals surface area contributed by atoms with Crippen molar-refractivity contribution in [1.82, 2.24) is 0 Å². The molecule has 0 aromatic heterocycles. The van der Waals surface area contributed by atoms with Crippen LogP contribution >= 0.6 is 63.7 Å².